The number of ether oxygens (including phenoxy) is 3. The fourth-order valence-electron chi connectivity index (χ4n) is 5.26. The highest BCUT2D eigenvalue weighted by Crippen LogP contribution is 2.62. The van der Waals surface area contributed by atoms with E-state index in [2.05, 4.69) is 26.8 Å². The van der Waals surface area contributed by atoms with E-state index in [1.54, 1.807) is 14.2 Å². The SMILES string of the molecule is CO[C@H]1O[C@@H](OC)[C@H]2C1=CC[C@H]1C(C)(C)CCC[C@]21C. The highest BCUT2D eigenvalue weighted by molar-refractivity contribution is 5.25. The van der Waals surface area contributed by atoms with Gasteiger partial charge in [-0.1, -0.05) is 33.3 Å². The van der Waals surface area contributed by atoms with E-state index in [-0.39, 0.29) is 18.0 Å². The van der Waals surface area contributed by atoms with Crippen LogP contribution in [0.25, 0.3) is 0 Å². The minimum Gasteiger partial charge on any atom is -0.355 e. The molecule has 0 radical (unpaired) electrons. The first-order valence-electron chi connectivity index (χ1n) is 7.85. The third-order valence-corrected chi connectivity index (χ3v) is 6.18. The molecule has 1 saturated carbocycles. The Morgan fingerprint density at radius 1 is 1.15 bits per heavy atom. The van der Waals surface area contributed by atoms with Gasteiger partial charge in [0.1, 0.15) is 0 Å². The van der Waals surface area contributed by atoms with Crippen LogP contribution in [0.15, 0.2) is 11.6 Å². The van der Waals surface area contributed by atoms with E-state index in [1.807, 2.05) is 0 Å². The molecule has 0 spiro atoms. The summed E-state index contributed by atoms with van der Waals surface area (Å²) in [6, 6.07) is 0. The smallest absolute Gasteiger partial charge is 0.183 e. The summed E-state index contributed by atoms with van der Waals surface area (Å²) in [7, 11) is 3.47. The standard InChI is InChI=1S/C17H28O3/c1-16(2)9-6-10-17(3)12(16)8-7-11-13(17)15(19-5)20-14(11)18-4/h7,12-15H,6,8-10H2,1-5H3/t12-,13+,14-,15+,17-/m0/s1. The zero-order chi connectivity index (χ0) is 14.5. The van der Waals surface area contributed by atoms with Crippen molar-refractivity contribution in [1.29, 1.82) is 0 Å². The molecule has 20 heavy (non-hydrogen) atoms. The highest BCUT2D eigenvalue weighted by atomic mass is 16.8. The van der Waals surface area contributed by atoms with Gasteiger partial charge in [0.05, 0.1) is 0 Å². The van der Waals surface area contributed by atoms with Crippen LogP contribution in [0.4, 0.5) is 0 Å². The van der Waals surface area contributed by atoms with Crippen LogP contribution in [0.1, 0.15) is 46.5 Å². The average molecular weight is 280 g/mol. The molecule has 3 aliphatic rings. The Hall–Kier alpha value is -0.380. The van der Waals surface area contributed by atoms with Crippen LogP contribution in [0, 0.1) is 22.7 Å². The van der Waals surface area contributed by atoms with Crippen LogP contribution >= 0.6 is 0 Å². The molecule has 1 saturated heterocycles. The molecule has 0 unspecified atom stereocenters. The van der Waals surface area contributed by atoms with Gasteiger partial charge in [-0.05, 0) is 41.6 Å². The van der Waals surface area contributed by atoms with E-state index < -0.39 is 0 Å². The lowest BCUT2D eigenvalue weighted by Gasteiger charge is -2.56. The number of methoxy groups -OCH3 is 2. The minimum atomic E-state index is -0.215. The Bertz CT molecular complexity index is 414. The Balaban J connectivity index is 2.02. The molecule has 2 fully saturated rings. The number of hydrogen-bond donors (Lipinski definition) is 0. The maximum absolute atomic E-state index is 5.98. The Labute approximate surface area is 122 Å². The van der Waals surface area contributed by atoms with Gasteiger partial charge in [0.2, 0.25) is 0 Å². The number of allylic oxidation sites excluding steroid dienone is 1. The van der Waals surface area contributed by atoms with Gasteiger partial charge >= 0.3 is 0 Å². The third-order valence-electron chi connectivity index (χ3n) is 6.18. The summed E-state index contributed by atoms with van der Waals surface area (Å²) in [6.07, 6.45) is 7.04. The molecule has 114 valence electrons. The summed E-state index contributed by atoms with van der Waals surface area (Å²) in [5, 5.41) is 0. The second kappa shape index (κ2) is 4.82. The highest BCUT2D eigenvalue weighted by Gasteiger charge is 2.59. The fourth-order valence-corrected chi connectivity index (χ4v) is 5.26. The lowest BCUT2D eigenvalue weighted by atomic mass is 9.49. The topological polar surface area (TPSA) is 27.7 Å². The molecule has 0 bridgehead atoms. The Morgan fingerprint density at radius 2 is 1.90 bits per heavy atom. The summed E-state index contributed by atoms with van der Waals surface area (Å²) in [5.74, 6) is 1.05. The molecule has 3 heteroatoms. The quantitative estimate of drug-likeness (QED) is 0.721. The number of rotatable bonds is 2. The van der Waals surface area contributed by atoms with Gasteiger partial charge in [-0.2, -0.15) is 0 Å². The number of fused-ring (bicyclic) bond motifs is 3. The van der Waals surface area contributed by atoms with Crippen molar-refractivity contribution < 1.29 is 14.2 Å². The van der Waals surface area contributed by atoms with Crippen LogP contribution in [0.2, 0.25) is 0 Å². The van der Waals surface area contributed by atoms with Crippen LogP contribution in [0.5, 0.6) is 0 Å². The second-order valence-corrected chi connectivity index (χ2v) is 7.63. The molecule has 5 atom stereocenters. The number of hydrogen-bond acceptors (Lipinski definition) is 3. The molecule has 3 rings (SSSR count). The van der Waals surface area contributed by atoms with Gasteiger partial charge in [-0.15, -0.1) is 0 Å². The molecular formula is C17H28O3. The first kappa shape index (κ1) is 14.6. The summed E-state index contributed by atoms with van der Waals surface area (Å²) >= 11 is 0. The van der Waals surface area contributed by atoms with E-state index >= 15 is 0 Å². The normalized spacial score (nSPS) is 46.5. The van der Waals surface area contributed by atoms with Crippen LogP contribution in [-0.4, -0.2) is 26.8 Å². The summed E-state index contributed by atoms with van der Waals surface area (Å²) < 4.78 is 17.1. The van der Waals surface area contributed by atoms with Crippen LogP contribution in [0.3, 0.4) is 0 Å². The van der Waals surface area contributed by atoms with E-state index in [4.69, 9.17) is 14.2 Å². The van der Waals surface area contributed by atoms with Gasteiger partial charge in [-0.3, -0.25) is 0 Å². The maximum atomic E-state index is 5.98. The summed E-state index contributed by atoms with van der Waals surface area (Å²) in [6.45, 7) is 7.31. The monoisotopic (exact) mass is 280 g/mol. The van der Waals surface area contributed by atoms with Gasteiger partial charge in [0, 0.05) is 20.1 Å². The molecule has 0 aromatic rings. The molecule has 0 aromatic heterocycles. The van der Waals surface area contributed by atoms with Crippen molar-refractivity contribution >= 4 is 0 Å². The van der Waals surface area contributed by atoms with Gasteiger partial charge < -0.3 is 14.2 Å². The van der Waals surface area contributed by atoms with Gasteiger partial charge in [-0.25, -0.2) is 0 Å². The van der Waals surface area contributed by atoms with E-state index in [0.29, 0.717) is 17.3 Å². The molecular weight excluding hydrogens is 252 g/mol. The molecule has 2 aliphatic carbocycles. The third kappa shape index (κ3) is 1.90. The zero-order valence-electron chi connectivity index (χ0n) is 13.4. The maximum Gasteiger partial charge on any atom is 0.183 e. The average Bonchev–Trinajstić information content (AvgIpc) is 2.77. The second-order valence-electron chi connectivity index (χ2n) is 7.63. The van der Waals surface area contributed by atoms with E-state index in [0.717, 1.165) is 6.42 Å². The predicted octanol–water partition coefficient (Wildman–Crippen LogP) is 3.74. The van der Waals surface area contributed by atoms with Crippen molar-refractivity contribution in [2.24, 2.45) is 22.7 Å². The van der Waals surface area contributed by atoms with Crippen molar-refractivity contribution in [1.82, 2.24) is 0 Å². The van der Waals surface area contributed by atoms with Crippen molar-refractivity contribution in [3.8, 4) is 0 Å². The van der Waals surface area contributed by atoms with E-state index in [9.17, 15) is 0 Å². The Kier molecular flexibility index (Phi) is 3.51. The van der Waals surface area contributed by atoms with Gasteiger partial charge in [0.15, 0.2) is 12.6 Å². The summed E-state index contributed by atoms with van der Waals surface area (Å²) in [5.41, 5.74) is 1.98. The largest absolute Gasteiger partial charge is 0.355 e. The minimum absolute atomic E-state index is 0.159. The molecule has 1 heterocycles. The van der Waals surface area contributed by atoms with Crippen molar-refractivity contribution in [2.75, 3.05) is 14.2 Å². The Morgan fingerprint density at radius 3 is 2.55 bits per heavy atom. The first-order valence-corrected chi connectivity index (χ1v) is 7.85. The van der Waals surface area contributed by atoms with Gasteiger partial charge in [0.25, 0.3) is 0 Å². The van der Waals surface area contributed by atoms with Crippen molar-refractivity contribution in [3.63, 3.8) is 0 Å². The van der Waals surface area contributed by atoms with Crippen LogP contribution in [-0.2, 0) is 14.2 Å². The first-order chi connectivity index (χ1) is 9.44. The molecule has 1 aliphatic heterocycles. The van der Waals surface area contributed by atoms with E-state index in [1.165, 1.54) is 24.8 Å². The van der Waals surface area contributed by atoms with Crippen LogP contribution < -0.4 is 0 Å². The zero-order valence-corrected chi connectivity index (χ0v) is 13.4. The fraction of sp³-hybridized carbons (Fsp3) is 0.882. The molecule has 0 N–H and O–H groups in total. The van der Waals surface area contributed by atoms with Crippen molar-refractivity contribution in [2.45, 2.75) is 59.0 Å². The van der Waals surface area contributed by atoms with Crippen molar-refractivity contribution in [3.05, 3.63) is 11.6 Å². The predicted molar refractivity (Wildman–Crippen MR) is 78.1 cm³/mol. The summed E-state index contributed by atoms with van der Waals surface area (Å²) in [4.78, 5) is 0. The lowest BCUT2D eigenvalue weighted by molar-refractivity contribution is -0.205. The molecule has 0 amide bonds. The molecule has 3 nitrogen and oxygen atoms in total. The lowest BCUT2D eigenvalue weighted by Crippen LogP contribution is -2.50. The molecule has 0 aromatic carbocycles.